The summed E-state index contributed by atoms with van der Waals surface area (Å²) in [5.74, 6) is 1.53. The van der Waals surface area contributed by atoms with E-state index in [4.69, 9.17) is 9.72 Å². The standard InChI is InChI=1S/C23H21N3O2/c27-23(18-9-3-1-4-10-18)24-17-22-25-20-13-7-8-14-21(20)26(22)15-16-28-19-11-5-2-6-12-19/h1-14H,15-17H2,(H,24,27). The summed E-state index contributed by atoms with van der Waals surface area (Å²) in [6, 6.07) is 26.9. The molecule has 1 heterocycles. The number of imidazole rings is 1. The topological polar surface area (TPSA) is 56.2 Å². The minimum atomic E-state index is -0.111. The number of carbonyl (C=O) groups excluding carboxylic acids is 1. The van der Waals surface area contributed by atoms with Crippen molar-refractivity contribution in [2.24, 2.45) is 0 Å². The van der Waals surface area contributed by atoms with Crippen LogP contribution in [0.4, 0.5) is 0 Å². The van der Waals surface area contributed by atoms with Gasteiger partial charge >= 0.3 is 0 Å². The van der Waals surface area contributed by atoms with E-state index in [9.17, 15) is 4.79 Å². The van der Waals surface area contributed by atoms with Crippen LogP contribution in [-0.4, -0.2) is 22.1 Å². The van der Waals surface area contributed by atoms with Crippen molar-refractivity contribution in [2.75, 3.05) is 6.61 Å². The van der Waals surface area contributed by atoms with Gasteiger partial charge in [-0.25, -0.2) is 4.98 Å². The summed E-state index contributed by atoms with van der Waals surface area (Å²) in [6.07, 6.45) is 0. The third kappa shape index (κ3) is 4.04. The highest BCUT2D eigenvalue weighted by atomic mass is 16.5. The SMILES string of the molecule is O=C(NCc1nc2ccccc2n1CCOc1ccccc1)c1ccccc1. The Morgan fingerprint density at radius 1 is 0.893 bits per heavy atom. The maximum Gasteiger partial charge on any atom is 0.251 e. The van der Waals surface area contributed by atoms with Crippen LogP contribution < -0.4 is 10.1 Å². The lowest BCUT2D eigenvalue weighted by atomic mass is 10.2. The largest absolute Gasteiger partial charge is 0.492 e. The summed E-state index contributed by atoms with van der Waals surface area (Å²) in [6.45, 7) is 1.52. The first-order valence-corrected chi connectivity index (χ1v) is 9.26. The Morgan fingerprint density at radius 3 is 2.36 bits per heavy atom. The second-order valence-electron chi connectivity index (χ2n) is 6.38. The van der Waals surface area contributed by atoms with Crippen molar-refractivity contribution in [2.45, 2.75) is 13.1 Å². The molecule has 0 saturated carbocycles. The highest BCUT2D eigenvalue weighted by Gasteiger charge is 2.12. The normalized spacial score (nSPS) is 10.7. The molecule has 0 aliphatic carbocycles. The third-order valence-electron chi connectivity index (χ3n) is 4.50. The predicted molar refractivity (Wildman–Crippen MR) is 109 cm³/mol. The fraction of sp³-hybridized carbons (Fsp3) is 0.130. The summed E-state index contributed by atoms with van der Waals surface area (Å²) in [4.78, 5) is 17.1. The number of carbonyl (C=O) groups is 1. The van der Waals surface area contributed by atoms with E-state index in [1.165, 1.54) is 0 Å². The third-order valence-corrected chi connectivity index (χ3v) is 4.50. The van der Waals surface area contributed by atoms with E-state index in [0.717, 1.165) is 22.6 Å². The Morgan fingerprint density at radius 2 is 1.57 bits per heavy atom. The van der Waals surface area contributed by atoms with Gasteiger partial charge in [0.1, 0.15) is 18.2 Å². The summed E-state index contributed by atoms with van der Waals surface area (Å²) in [5, 5.41) is 2.96. The van der Waals surface area contributed by atoms with Gasteiger partial charge in [0, 0.05) is 5.56 Å². The number of aromatic nitrogens is 2. The Kier molecular flexibility index (Phi) is 5.33. The van der Waals surface area contributed by atoms with Crippen LogP contribution in [0.25, 0.3) is 11.0 Å². The van der Waals surface area contributed by atoms with Gasteiger partial charge in [-0.15, -0.1) is 0 Å². The smallest absolute Gasteiger partial charge is 0.251 e. The molecular weight excluding hydrogens is 350 g/mol. The number of ether oxygens (including phenoxy) is 1. The van der Waals surface area contributed by atoms with Crippen molar-refractivity contribution in [3.05, 3.63) is 96.3 Å². The first kappa shape index (κ1) is 17.8. The molecule has 1 N–H and O–H groups in total. The Labute approximate surface area is 163 Å². The van der Waals surface area contributed by atoms with Gasteiger partial charge in [0.25, 0.3) is 5.91 Å². The fourth-order valence-corrected chi connectivity index (χ4v) is 3.13. The number of fused-ring (bicyclic) bond motifs is 1. The molecule has 0 saturated heterocycles. The number of amides is 1. The number of para-hydroxylation sites is 3. The first-order chi connectivity index (χ1) is 13.8. The molecule has 0 atom stereocenters. The van der Waals surface area contributed by atoms with Crippen LogP contribution in [0.1, 0.15) is 16.2 Å². The molecule has 1 aromatic heterocycles. The Hall–Kier alpha value is -3.60. The van der Waals surface area contributed by atoms with Crippen molar-refractivity contribution >= 4 is 16.9 Å². The minimum absolute atomic E-state index is 0.111. The highest BCUT2D eigenvalue weighted by molar-refractivity contribution is 5.94. The van der Waals surface area contributed by atoms with Crippen LogP contribution in [0.5, 0.6) is 5.75 Å². The summed E-state index contributed by atoms with van der Waals surface area (Å²) in [5.41, 5.74) is 2.58. The number of hydrogen-bond acceptors (Lipinski definition) is 3. The van der Waals surface area contributed by atoms with Crippen molar-refractivity contribution in [1.29, 1.82) is 0 Å². The number of hydrogen-bond donors (Lipinski definition) is 1. The van der Waals surface area contributed by atoms with Gasteiger partial charge in [-0.3, -0.25) is 4.79 Å². The van der Waals surface area contributed by atoms with E-state index in [-0.39, 0.29) is 5.91 Å². The Balaban J connectivity index is 1.49. The second-order valence-corrected chi connectivity index (χ2v) is 6.38. The van der Waals surface area contributed by atoms with Crippen LogP contribution >= 0.6 is 0 Å². The molecule has 0 spiro atoms. The van der Waals surface area contributed by atoms with Crippen molar-refractivity contribution in [1.82, 2.24) is 14.9 Å². The number of benzene rings is 3. The molecule has 0 unspecified atom stereocenters. The van der Waals surface area contributed by atoms with E-state index < -0.39 is 0 Å². The Bertz CT molecular complexity index is 1060. The zero-order valence-corrected chi connectivity index (χ0v) is 15.4. The molecule has 0 bridgehead atoms. The zero-order valence-electron chi connectivity index (χ0n) is 15.4. The van der Waals surface area contributed by atoms with Gasteiger partial charge in [-0.05, 0) is 36.4 Å². The van der Waals surface area contributed by atoms with Gasteiger partial charge in [0.05, 0.1) is 24.1 Å². The monoisotopic (exact) mass is 371 g/mol. The lowest BCUT2D eigenvalue weighted by Gasteiger charge is -2.11. The molecular formula is C23H21N3O2. The molecule has 3 aromatic carbocycles. The second kappa shape index (κ2) is 8.39. The minimum Gasteiger partial charge on any atom is -0.492 e. The van der Waals surface area contributed by atoms with Crippen molar-refractivity contribution < 1.29 is 9.53 Å². The first-order valence-electron chi connectivity index (χ1n) is 9.26. The van der Waals surface area contributed by atoms with Crippen LogP contribution in [0.3, 0.4) is 0 Å². The number of nitrogens with zero attached hydrogens (tertiary/aromatic N) is 2. The van der Waals surface area contributed by atoms with Gasteiger partial charge in [-0.1, -0.05) is 48.5 Å². The molecule has 0 fully saturated rings. The predicted octanol–water partition coefficient (Wildman–Crippen LogP) is 4.05. The number of nitrogens with one attached hydrogen (secondary N) is 1. The maximum atomic E-state index is 12.4. The summed E-state index contributed by atoms with van der Waals surface area (Å²) >= 11 is 0. The number of rotatable bonds is 7. The lowest BCUT2D eigenvalue weighted by Crippen LogP contribution is -2.25. The van der Waals surface area contributed by atoms with Crippen molar-refractivity contribution in [3.8, 4) is 5.75 Å². The fourth-order valence-electron chi connectivity index (χ4n) is 3.13. The average Bonchev–Trinajstić information content (AvgIpc) is 3.11. The molecule has 140 valence electrons. The van der Waals surface area contributed by atoms with Crippen LogP contribution in [-0.2, 0) is 13.1 Å². The summed E-state index contributed by atoms with van der Waals surface area (Å²) < 4.78 is 7.94. The maximum absolute atomic E-state index is 12.4. The van der Waals surface area contributed by atoms with Gasteiger partial charge in [0.2, 0.25) is 0 Å². The molecule has 0 aliphatic rings. The van der Waals surface area contributed by atoms with Gasteiger partial charge in [0.15, 0.2) is 0 Å². The van der Waals surface area contributed by atoms with Crippen molar-refractivity contribution in [3.63, 3.8) is 0 Å². The van der Waals surface area contributed by atoms with E-state index in [0.29, 0.717) is 25.3 Å². The zero-order chi connectivity index (χ0) is 19.2. The van der Waals surface area contributed by atoms with E-state index in [2.05, 4.69) is 9.88 Å². The molecule has 0 radical (unpaired) electrons. The quantitative estimate of drug-likeness (QED) is 0.533. The van der Waals surface area contributed by atoms with Gasteiger partial charge < -0.3 is 14.6 Å². The van der Waals surface area contributed by atoms with Crippen LogP contribution in [0, 0.1) is 0 Å². The van der Waals surface area contributed by atoms with E-state index in [1.807, 2.05) is 72.8 Å². The molecule has 28 heavy (non-hydrogen) atoms. The molecule has 4 rings (SSSR count). The highest BCUT2D eigenvalue weighted by Crippen LogP contribution is 2.17. The molecule has 5 nitrogen and oxygen atoms in total. The molecule has 0 aliphatic heterocycles. The van der Waals surface area contributed by atoms with E-state index in [1.54, 1.807) is 12.1 Å². The van der Waals surface area contributed by atoms with Gasteiger partial charge in [-0.2, -0.15) is 0 Å². The average molecular weight is 371 g/mol. The lowest BCUT2D eigenvalue weighted by molar-refractivity contribution is 0.0949. The molecule has 5 heteroatoms. The van der Waals surface area contributed by atoms with Crippen LogP contribution in [0.15, 0.2) is 84.9 Å². The van der Waals surface area contributed by atoms with Crippen LogP contribution in [0.2, 0.25) is 0 Å². The molecule has 1 amide bonds. The molecule has 4 aromatic rings. The van der Waals surface area contributed by atoms with E-state index >= 15 is 0 Å². The summed E-state index contributed by atoms with van der Waals surface area (Å²) in [7, 11) is 0.